The van der Waals surface area contributed by atoms with E-state index in [0.717, 1.165) is 12.8 Å². The Bertz CT molecular complexity index is 404. The highest BCUT2D eigenvalue weighted by molar-refractivity contribution is 5.98. The van der Waals surface area contributed by atoms with E-state index in [1.807, 2.05) is 0 Å². The molecular formula is C13H13FO2. The van der Waals surface area contributed by atoms with Crippen LogP contribution in [0.4, 0.5) is 4.39 Å². The molecule has 1 aromatic rings. The molecule has 0 N–H and O–H groups in total. The second-order valence-corrected chi connectivity index (χ2v) is 4.17. The second kappa shape index (κ2) is 4.56. The number of halogens is 1. The molecule has 0 amide bonds. The van der Waals surface area contributed by atoms with Crippen molar-refractivity contribution >= 4 is 11.6 Å². The summed E-state index contributed by atoms with van der Waals surface area (Å²) < 4.78 is 12.6. The minimum atomic E-state index is -0.356. The topological polar surface area (TPSA) is 34.1 Å². The summed E-state index contributed by atoms with van der Waals surface area (Å²) in [6.07, 6.45) is 2.51. The maximum Gasteiger partial charge on any atom is 0.163 e. The van der Waals surface area contributed by atoms with E-state index in [0.29, 0.717) is 12.0 Å². The largest absolute Gasteiger partial charge is 0.299 e. The minimum absolute atomic E-state index is 0.0889. The van der Waals surface area contributed by atoms with Crippen LogP contribution in [-0.4, -0.2) is 11.6 Å². The number of carbonyl (C=O) groups excluding carboxylic acids is 2. The lowest BCUT2D eigenvalue weighted by atomic mass is 10.0. The Morgan fingerprint density at radius 2 is 1.75 bits per heavy atom. The van der Waals surface area contributed by atoms with Gasteiger partial charge in [-0.2, -0.15) is 0 Å². The van der Waals surface area contributed by atoms with Gasteiger partial charge in [-0.05, 0) is 37.1 Å². The van der Waals surface area contributed by atoms with Crippen LogP contribution in [-0.2, 0) is 4.79 Å². The molecule has 3 heteroatoms. The third-order valence-electron chi connectivity index (χ3n) is 2.80. The third kappa shape index (κ3) is 2.75. The normalized spacial score (nSPS) is 14.8. The highest BCUT2D eigenvalue weighted by Crippen LogP contribution is 2.31. The molecule has 0 atom stereocenters. The highest BCUT2D eigenvalue weighted by atomic mass is 19.1. The van der Waals surface area contributed by atoms with Gasteiger partial charge >= 0.3 is 0 Å². The van der Waals surface area contributed by atoms with E-state index in [4.69, 9.17) is 0 Å². The van der Waals surface area contributed by atoms with Crippen LogP contribution in [0.15, 0.2) is 24.3 Å². The summed E-state index contributed by atoms with van der Waals surface area (Å²) >= 11 is 0. The number of Topliss-reactive ketones (excluding diaryl/α,β-unsaturated/α-hetero) is 2. The van der Waals surface area contributed by atoms with Gasteiger partial charge in [0.15, 0.2) is 5.78 Å². The second-order valence-electron chi connectivity index (χ2n) is 4.17. The van der Waals surface area contributed by atoms with Crippen LogP contribution in [0.2, 0.25) is 0 Å². The van der Waals surface area contributed by atoms with Gasteiger partial charge in [-0.1, -0.05) is 0 Å². The fraction of sp³-hybridized carbons (Fsp3) is 0.385. The average molecular weight is 220 g/mol. The quantitative estimate of drug-likeness (QED) is 0.715. The molecule has 1 saturated carbocycles. The first-order chi connectivity index (χ1) is 7.66. The summed E-state index contributed by atoms with van der Waals surface area (Å²) in [6.45, 7) is 0. The molecule has 0 radical (unpaired) electrons. The van der Waals surface area contributed by atoms with Crippen LogP contribution >= 0.6 is 0 Å². The number of carbonyl (C=O) groups is 2. The van der Waals surface area contributed by atoms with E-state index in [9.17, 15) is 14.0 Å². The maximum absolute atomic E-state index is 12.6. The summed E-state index contributed by atoms with van der Waals surface area (Å²) in [7, 11) is 0. The first-order valence-electron chi connectivity index (χ1n) is 5.48. The van der Waals surface area contributed by atoms with Crippen molar-refractivity contribution in [3.8, 4) is 0 Å². The summed E-state index contributed by atoms with van der Waals surface area (Å²) in [4.78, 5) is 23.0. The van der Waals surface area contributed by atoms with E-state index in [2.05, 4.69) is 0 Å². The van der Waals surface area contributed by atoms with Gasteiger partial charge in [0, 0.05) is 24.3 Å². The van der Waals surface area contributed by atoms with Crippen molar-refractivity contribution in [2.45, 2.75) is 25.7 Å². The van der Waals surface area contributed by atoms with Crippen molar-refractivity contribution in [1.82, 2.24) is 0 Å². The van der Waals surface area contributed by atoms with Gasteiger partial charge in [-0.25, -0.2) is 4.39 Å². The summed E-state index contributed by atoms with van der Waals surface area (Å²) in [5.41, 5.74) is 0.477. The zero-order valence-corrected chi connectivity index (χ0v) is 8.91. The van der Waals surface area contributed by atoms with E-state index in [-0.39, 0.29) is 29.7 Å². The molecule has 16 heavy (non-hydrogen) atoms. The molecule has 0 bridgehead atoms. The summed E-state index contributed by atoms with van der Waals surface area (Å²) in [6, 6.07) is 5.43. The summed E-state index contributed by atoms with van der Waals surface area (Å²) in [5.74, 6) is -0.0453. The fourth-order valence-corrected chi connectivity index (χ4v) is 1.63. The average Bonchev–Trinajstić information content (AvgIpc) is 3.10. The van der Waals surface area contributed by atoms with E-state index >= 15 is 0 Å². The van der Waals surface area contributed by atoms with E-state index in [1.165, 1.54) is 24.3 Å². The van der Waals surface area contributed by atoms with Crippen LogP contribution in [0.5, 0.6) is 0 Å². The van der Waals surface area contributed by atoms with Gasteiger partial charge in [0.2, 0.25) is 0 Å². The fourth-order valence-electron chi connectivity index (χ4n) is 1.63. The number of rotatable bonds is 5. The lowest BCUT2D eigenvalue weighted by molar-refractivity contribution is -0.120. The van der Waals surface area contributed by atoms with Gasteiger partial charge in [-0.15, -0.1) is 0 Å². The minimum Gasteiger partial charge on any atom is -0.299 e. The molecule has 2 nitrogen and oxygen atoms in total. The van der Waals surface area contributed by atoms with Crippen molar-refractivity contribution < 1.29 is 14.0 Å². The molecular weight excluding hydrogens is 207 g/mol. The molecule has 0 aromatic heterocycles. The molecule has 1 aliphatic carbocycles. The van der Waals surface area contributed by atoms with E-state index < -0.39 is 0 Å². The standard InChI is InChI=1S/C13H13FO2/c14-11-5-3-10(4-6-11)13(16)8-7-12(15)9-1-2-9/h3-6,9H,1-2,7-8H2. The summed E-state index contributed by atoms with van der Waals surface area (Å²) in [5, 5.41) is 0. The van der Waals surface area contributed by atoms with Crippen molar-refractivity contribution in [2.75, 3.05) is 0 Å². The smallest absolute Gasteiger partial charge is 0.163 e. The molecule has 0 unspecified atom stereocenters. The molecule has 0 aliphatic heterocycles. The Morgan fingerprint density at radius 3 is 2.31 bits per heavy atom. The van der Waals surface area contributed by atoms with Crippen molar-refractivity contribution in [3.63, 3.8) is 0 Å². The Hall–Kier alpha value is -1.51. The zero-order chi connectivity index (χ0) is 11.5. The van der Waals surface area contributed by atoms with Crippen molar-refractivity contribution in [3.05, 3.63) is 35.6 Å². The molecule has 1 aromatic carbocycles. The van der Waals surface area contributed by atoms with Gasteiger partial charge < -0.3 is 0 Å². The first-order valence-corrected chi connectivity index (χ1v) is 5.48. The lowest BCUT2D eigenvalue weighted by Crippen LogP contribution is -2.06. The van der Waals surface area contributed by atoms with Gasteiger partial charge in [-0.3, -0.25) is 9.59 Å². The van der Waals surface area contributed by atoms with Crippen LogP contribution < -0.4 is 0 Å². The Kier molecular flexibility index (Phi) is 3.13. The number of hydrogen-bond donors (Lipinski definition) is 0. The molecule has 0 spiro atoms. The zero-order valence-electron chi connectivity index (χ0n) is 8.91. The Morgan fingerprint density at radius 1 is 1.12 bits per heavy atom. The maximum atomic E-state index is 12.6. The Balaban J connectivity index is 1.87. The van der Waals surface area contributed by atoms with Crippen molar-refractivity contribution in [1.29, 1.82) is 0 Å². The third-order valence-corrected chi connectivity index (χ3v) is 2.80. The number of hydrogen-bond acceptors (Lipinski definition) is 2. The van der Waals surface area contributed by atoms with E-state index in [1.54, 1.807) is 0 Å². The molecule has 0 saturated heterocycles. The van der Waals surface area contributed by atoms with Gasteiger partial charge in [0.1, 0.15) is 11.6 Å². The molecule has 1 aliphatic rings. The molecule has 2 rings (SSSR count). The monoisotopic (exact) mass is 220 g/mol. The van der Waals surface area contributed by atoms with Gasteiger partial charge in [0.25, 0.3) is 0 Å². The number of ketones is 2. The van der Waals surface area contributed by atoms with Gasteiger partial charge in [0.05, 0.1) is 0 Å². The van der Waals surface area contributed by atoms with Crippen molar-refractivity contribution in [2.24, 2.45) is 5.92 Å². The highest BCUT2D eigenvalue weighted by Gasteiger charge is 2.29. The molecule has 0 heterocycles. The molecule has 84 valence electrons. The SMILES string of the molecule is O=C(CCC(=O)C1CC1)c1ccc(F)cc1. The van der Waals surface area contributed by atoms with Crippen LogP contribution in [0.1, 0.15) is 36.0 Å². The lowest BCUT2D eigenvalue weighted by Gasteiger charge is -2.00. The Labute approximate surface area is 93.5 Å². The first kappa shape index (κ1) is 11.0. The number of benzene rings is 1. The van der Waals surface area contributed by atoms with Crippen LogP contribution in [0.25, 0.3) is 0 Å². The van der Waals surface area contributed by atoms with Crippen LogP contribution in [0, 0.1) is 11.7 Å². The predicted molar refractivity (Wildman–Crippen MR) is 57.7 cm³/mol. The van der Waals surface area contributed by atoms with Crippen LogP contribution in [0.3, 0.4) is 0 Å². The predicted octanol–water partition coefficient (Wildman–Crippen LogP) is 2.77. The molecule has 1 fully saturated rings.